The molecular formula is C25H31FN4O3. The Hall–Kier alpha value is -2.97. The maximum atomic E-state index is 13.1. The van der Waals surface area contributed by atoms with Gasteiger partial charge in [-0.1, -0.05) is 0 Å². The van der Waals surface area contributed by atoms with Crippen molar-refractivity contribution in [3.63, 3.8) is 0 Å². The fourth-order valence-corrected chi connectivity index (χ4v) is 4.38. The zero-order valence-corrected chi connectivity index (χ0v) is 19.0. The van der Waals surface area contributed by atoms with Crippen LogP contribution in [0.25, 0.3) is 0 Å². The molecule has 2 fully saturated rings. The molecule has 0 saturated carbocycles. The number of carbonyl (C=O) groups is 2. The SMILES string of the molecule is CCOc1ccc(N2C(=O)CC(NCCCN3CCN(c4ccc(F)cc4)CC3)C2=O)cc1. The van der Waals surface area contributed by atoms with Crippen LogP contribution in [0, 0.1) is 5.82 Å². The molecule has 2 amide bonds. The molecule has 2 heterocycles. The Bertz CT molecular complexity index is 943. The highest BCUT2D eigenvalue weighted by molar-refractivity contribution is 6.22. The lowest BCUT2D eigenvalue weighted by atomic mass is 10.2. The second kappa shape index (κ2) is 10.8. The third-order valence-corrected chi connectivity index (χ3v) is 6.16. The van der Waals surface area contributed by atoms with Crippen LogP contribution >= 0.6 is 0 Å². The van der Waals surface area contributed by atoms with Crippen LogP contribution in [0.15, 0.2) is 48.5 Å². The van der Waals surface area contributed by atoms with Gasteiger partial charge in [0, 0.05) is 31.9 Å². The Balaban J connectivity index is 1.18. The van der Waals surface area contributed by atoms with E-state index in [9.17, 15) is 14.0 Å². The smallest absolute Gasteiger partial charge is 0.251 e. The van der Waals surface area contributed by atoms with Gasteiger partial charge in [0.15, 0.2) is 0 Å². The lowest BCUT2D eigenvalue weighted by Crippen LogP contribution is -2.47. The third-order valence-electron chi connectivity index (χ3n) is 6.16. The number of piperazine rings is 1. The van der Waals surface area contributed by atoms with Crippen molar-refractivity contribution in [1.29, 1.82) is 0 Å². The van der Waals surface area contributed by atoms with E-state index in [0.717, 1.165) is 44.8 Å². The predicted octanol–water partition coefficient (Wildman–Crippen LogP) is 2.66. The van der Waals surface area contributed by atoms with Crippen LogP contribution in [-0.2, 0) is 9.59 Å². The standard InChI is InChI=1S/C25H31FN4O3/c1-2-33-22-10-8-21(9-11-22)30-24(31)18-23(25(30)32)27-12-3-13-28-14-16-29(17-15-28)20-6-4-19(26)5-7-20/h4-11,23,27H,2-3,12-18H2,1H3. The van der Waals surface area contributed by atoms with Crippen LogP contribution in [0.4, 0.5) is 15.8 Å². The topological polar surface area (TPSA) is 65.1 Å². The second-order valence-electron chi connectivity index (χ2n) is 8.36. The molecule has 1 unspecified atom stereocenters. The third kappa shape index (κ3) is 5.69. The van der Waals surface area contributed by atoms with Crippen molar-refractivity contribution in [2.75, 3.05) is 55.7 Å². The number of benzene rings is 2. The average molecular weight is 455 g/mol. The van der Waals surface area contributed by atoms with Gasteiger partial charge in [-0.25, -0.2) is 9.29 Å². The van der Waals surface area contributed by atoms with E-state index in [0.29, 0.717) is 24.6 Å². The van der Waals surface area contributed by atoms with E-state index in [1.54, 1.807) is 24.3 Å². The van der Waals surface area contributed by atoms with Gasteiger partial charge in [-0.2, -0.15) is 0 Å². The molecule has 176 valence electrons. The first-order valence-electron chi connectivity index (χ1n) is 11.6. The number of carbonyl (C=O) groups excluding carboxylic acids is 2. The number of amides is 2. The zero-order valence-electron chi connectivity index (χ0n) is 19.0. The Morgan fingerprint density at radius 1 is 0.970 bits per heavy atom. The van der Waals surface area contributed by atoms with E-state index >= 15 is 0 Å². The fourth-order valence-electron chi connectivity index (χ4n) is 4.38. The van der Waals surface area contributed by atoms with Crippen molar-refractivity contribution >= 4 is 23.2 Å². The molecule has 33 heavy (non-hydrogen) atoms. The molecule has 0 bridgehead atoms. The molecule has 2 aromatic carbocycles. The highest BCUT2D eigenvalue weighted by atomic mass is 19.1. The Morgan fingerprint density at radius 2 is 1.64 bits per heavy atom. The molecule has 2 aliphatic rings. The van der Waals surface area contributed by atoms with Gasteiger partial charge in [-0.3, -0.25) is 14.5 Å². The molecule has 2 aromatic rings. The molecule has 0 aliphatic carbocycles. The average Bonchev–Trinajstić information content (AvgIpc) is 3.11. The lowest BCUT2D eigenvalue weighted by Gasteiger charge is -2.36. The van der Waals surface area contributed by atoms with Gasteiger partial charge in [-0.05, 0) is 75.0 Å². The summed E-state index contributed by atoms with van der Waals surface area (Å²) in [6, 6.07) is 13.2. The maximum absolute atomic E-state index is 13.1. The minimum absolute atomic E-state index is 0.182. The number of nitrogens with one attached hydrogen (secondary N) is 1. The molecule has 4 rings (SSSR count). The first-order chi connectivity index (χ1) is 16.0. The van der Waals surface area contributed by atoms with Gasteiger partial charge in [0.25, 0.3) is 5.91 Å². The number of nitrogens with zero attached hydrogens (tertiary/aromatic N) is 3. The van der Waals surface area contributed by atoms with Crippen molar-refractivity contribution < 1.29 is 18.7 Å². The van der Waals surface area contributed by atoms with E-state index in [1.807, 2.05) is 19.1 Å². The zero-order chi connectivity index (χ0) is 23.2. The van der Waals surface area contributed by atoms with Crippen LogP contribution in [0.3, 0.4) is 0 Å². The molecule has 1 atom stereocenters. The molecule has 0 aromatic heterocycles. The van der Waals surface area contributed by atoms with E-state index in [-0.39, 0.29) is 24.1 Å². The van der Waals surface area contributed by atoms with E-state index in [2.05, 4.69) is 15.1 Å². The van der Waals surface area contributed by atoms with Crippen LogP contribution in [-0.4, -0.2) is 68.6 Å². The number of halogens is 1. The fraction of sp³-hybridized carbons (Fsp3) is 0.440. The highest BCUT2D eigenvalue weighted by Crippen LogP contribution is 2.25. The normalized spacial score (nSPS) is 19.4. The Kier molecular flexibility index (Phi) is 7.57. The van der Waals surface area contributed by atoms with E-state index in [1.165, 1.54) is 17.0 Å². The van der Waals surface area contributed by atoms with Crippen molar-refractivity contribution in [3.05, 3.63) is 54.3 Å². The first kappa shape index (κ1) is 23.2. The van der Waals surface area contributed by atoms with E-state index in [4.69, 9.17) is 4.74 Å². The number of hydrogen-bond donors (Lipinski definition) is 1. The molecule has 2 saturated heterocycles. The van der Waals surface area contributed by atoms with Crippen molar-refractivity contribution in [2.45, 2.75) is 25.8 Å². The van der Waals surface area contributed by atoms with Gasteiger partial charge < -0.3 is 15.0 Å². The number of ether oxygens (including phenoxy) is 1. The summed E-state index contributed by atoms with van der Waals surface area (Å²) in [4.78, 5) is 31.2. The van der Waals surface area contributed by atoms with Gasteiger partial charge >= 0.3 is 0 Å². The highest BCUT2D eigenvalue weighted by Gasteiger charge is 2.39. The number of anilines is 2. The molecule has 0 radical (unpaired) electrons. The van der Waals surface area contributed by atoms with Crippen molar-refractivity contribution in [2.24, 2.45) is 0 Å². The van der Waals surface area contributed by atoms with E-state index < -0.39 is 6.04 Å². The summed E-state index contributed by atoms with van der Waals surface area (Å²) < 4.78 is 18.5. The molecule has 0 spiro atoms. The summed E-state index contributed by atoms with van der Waals surface area (Å²) in [5.74, 6) is 0.124. The number of rotatable bonds is 9. The lowest BCUT2D eigenvalue weighted by molar-refractivity contribution is -0.121. The van der Waals surface area contributed by atoms with Crippen LogP contribution < -0.4 is 19.9 Å². The summed E-state index contributed by atoms with van der Waals surface area (Å²) in [5.41, 5.74) is 1.64. The summed E-state index contributed by atoms with van der Waals surface area (Å²) in [5, 5.41) is 3.26. The summed E-state index contributed by atoms with van der Waals surface area (Å²) in [6.45, 7) is 7.80. The Labute approximate surface area is 194 Å². The predicted molar refractivity (Wildman–Crippen MR) is 126 cm³/mol. The molecular weight excluding hydrogens is 423 g/mol. The van der Waals surface area contributed by atoms with Gasteiger partial charge in [0.05, 0.1) is 24.8 Å². The van der Waals surface area contributed by atoms with Gasteiger partial charge in [0.2, 0.25) is 5.91 Å². The number of imide groups is 1. The number of hydrogen-bond acceptors (Lipinski definition) is 6. The minimum atomic E-state index is -0.473. The summed E-state index contributed by atoms with van der Waals surface area (Å²) in [7, 11) is 0. The quantitative estimate of drug-likeness (QED) is 0.464. The van der Waals surface area contributed by atoms with Crippen molar-refractivity contribution in [3.8, 4) is 5.75 Å². The van der Waals surface area contributed by atoms with Crippen LogP contribution in [0.2, 0.25) is 0 Å². The maximum Gasteiger partial charge on any atom is 0.251 e. The summed E-state index contributed by atoms with van der Waals surface area (Å²) in [6.07, 6.45) is 1.08. The Morgan fingerprint density at radius 3 is 2.30 bits per heavy atom. The molecule has 2 aliphatic heterocycles. The second-order valence-corrected chi connectivity index (χ2v) is 8.36. The van der Waals surface area contributed by atoms with Crippen LogP contribution in [0.1, 0.15) is 19.8 Å². The minimum Gasteiger partial charge on any atom is -0.494 e. The van der Waals surface area contributed by atoms with Gasteiger partial charge in [0.1, 0.15) is 11.6 Å². The first-order valence-corrected chi connectivity index (χ1v) is 11.6. The molecule has 8 heteroatoms. The largest absolute Gasteiger partial charge is 0.494 e. The monoisotopic (exact) mass is 454 g/mol. The summed E-state index contributed by atoms with van der Waals surface area (Å²) >= 11 is 0. The molecule has 7 nitrogen and oxygen atoms in total. The van der Waals surface area contributed by atoms with Gasteiger partial charge in [-0.15, -0.1) is 0 Å². The van der Waals surface area contributed by atoms with Crippen molar-refractivity contribution in [1.82, 2.24) is 10.2 Å². The van der Waals surface area contributed by atoms with Crippen LogP contribution in [0.5, 0.6) is 5.75 Å². The molecule has 1 N–H and O–H groups in total.